The lowest BCUT2D eigenvalue weighted by atomic mass is 10.1. The van der Waals surface area contributed by atoms with E-state index in [1.807, 2.05) is 18.2 Å². The van der Waals surface area contributed by atoms with Crippen molar-refractivity contribution in [3.63, 3.8) is 0 Å². The Balaban J connectivity index is 1.48. The van der Waals surface area contributed by atoms with Gasteiger partial charge in [0, 0.05) is 30.1 Å². The van der Waals surface area contributed by atoms with Crippen LogP contribution in [0, 0.1) is 11.6 Å². The number of carbonyl (C=O) groups is 1. The number of amides is 1. The minimum Gasteiger partial charge on any atom is -0.354 e. The van der Waals surface area contributed by atoms with E-state index in [0.717, 1.165) is 22.4 Å². The van der Waals surface area contributed by atoms with E-state index in [-0.39, 0.29) is 24.0 Å². The van der Waals surface area contributed by atoms with Crippen molar-refractivity contribution in [1.29, 1.82) is 0 Å². The second kappa shape index (κ2) is 9.30. The Morgan fingerprint density at radius 3 is 2.32 bits per heavy atom. The van der Waals surface area contributed by atoms with Crippen molar-refractivity contribution >= 4 is 5.91 Å². The Labute approximate surface area is 178 Å². The molecule has 0 atom stereocenters. The zero-order chi connectivity index (χ0) is 21.6. The fraction of sp³-hybridized carbons (Fsp3) is 0.125. The van der Waals surface area contributed by atoms with E-state index in [1.54, 1.807) is 41.3 Å². The summed E-state index contributed by atoms with van der Waals surface area (Å²) in [6, 6.07) is 17.7. The molecule has 0 spiro atoms. The van der Waals surface area contributed by atoms with Crippen LogP contribution in [0.3, 0.4) is 0 Å². The normalized spacial score (nSPS) is 10.8. The van der Waals surface area contributed by atoms with Crippen molar-refractivity contribution in [3.8, 4) is 22.5 Å². The van der Waals surface area contributed by atoms with Gasteiger partial charge in [-0.1, -0.05) is 12.1 Å². The molecule has 0 saturated carbocycles. The highest BCUT2D eigenvalue weighted by molar-refractivity contribution is 5.78. The SMILES string of the molecule is O=C(Cc1ccc(F)cc1)NCCn1nc(-c2ccc(F)cc2)cc1-c1cccnc1. The zero-order valence-electron chi connectivity index (χ0n) is 16.6. The first kappa shape index (κ1) is 20.4. The topological polar surface area (TPSA) is 59.8 Å². The van der Waals surface area contributed by atoms with Gasteiger partial charge in [-0.15, -0.1) is 0 Å². The van der Waals surface area contributed by atoms with Crippen molar-refractivity contribution in [2.75, 3.05) is 6.54 Å². The summed E-state index contributed by atoms with van der Waals surface area (Å²) < 4.78 is 28.1. The third-order valence-electron chi connectivity index (χ3n) is 4.80. The van der Waals surface area contributed by atoms with Crippen LogP contribution < -0.4 is 5.32 Å². The molecule has 2 aromatic heterocycles. The first-order valence-corrected chi connectivity index (χ1v) is 9.84. The summed E-state index contributed by atoms with van der Waals surface area (Å²) in [6.45, 7) is 0.818. The highest BCUT2D eigenvalue weighted by atomic mass is 19.1. The lowest BCUT2D eigenvalue weighted by molar-refractivity contribution is -0.120. The molecule has 5 nitrogen and oxygen atoms in total. The predicted molar refractivity (Wildman–Crippen MR) is 114 cm³/mol. The van der Waals surface area contributed by atoms with Gasteiger partial charge in [0.15, 0.2) is 0 Å². The fourth-order valence-electron chi connectivity index (χ4n) is 3.25. The number of rotatable bonds is 7. The van der Waals surface area contributed by atoms with Crippen LogP contribution in [-0.4, -0.2) is 27.2 Å². The van der Waals surface area contributed by atoms with Crippen LogP contribution in [0.15, 0.2) is 79.1 Å². The lowest BCUT2D eigenvalue weighted by Crippen LogP contribution is -2.29. The summed E-state index contributed by atoms with van der Waals surface area (Å²) in [4.78, 5) is 16.4. The summed E-state index contributed by atoms with van der Waals surface area (Å²) in [5.74, 6) is -0.789. The summed E-state index contributed by atoms with van der Waals surface area (Å²) in [5, 5.41) is 7.52. The molecule has 4 aromatic rings. The largest absolute Gasteiger partial charge is 0.354 e. The van der Waals surface area contributed by atoms with E-state index < -0.39 is 0 Å². The van der Waals surface area contributed by atoms with Crippen LogP contribution in [0.2, 0.25) is 0 Å². The number of halogens is 2. The average molecular weight is 418 g/mol. The molecule has 0 aliphatic rings. The Kier molecular flexibility index (Phi) is 6.12. The monoisotopic (exact) mass is 418 g/mol. The Hall–Kier alpha value is -3.87. The molecule has 0 unspecified atom stereocenters. The van der Waals surface area contributed by atoms with Gasteiger partial charge in [-0.2, -0.15) is 5.10 Å². The van der Waals surface area contributed by atoms with Gasteiger partial charge < -0.3 is 5.32 Å². The van der Waals surface area contributed by atoms with E-state index in [1.165, 1.54) is 24.3 Å². The van der Waals surface area contributed by atoms with Crippen LogP contribution in [0.1, 0.15) is 5.56 Å². The molecule has 0 radical (unpaired) electrons. The van der Waals surface area contributed by atoms with Crippen molar-refractivity contribution in [2.24, 2.45) is 0 Å². The van der Waals surface area contributed by atoms with Crippen molar-refractivity contribution in [2.45, 2.75) is 13.0 Å². The summed E-state index contributed by atoms with van der Waals surface area (Å²) in [5.41, 5.74) is 3.98. The summed E-state index contributed by atoms with van der Waals surface area (Å²) in [6.07, 6.45) is 3.62. The molecule has 1 N–H and O–H groups in total. The highest BCUT2D eigenvalue weighted by Gasteiger charge is 2.12. The van der Waals surface area contributed by atoms with Crippen molar-refractivity contribution in [3.05, 3.63) is 96.3 Å². The van der Waals surface area contributed by atoms with Crippen LogP contribution in [-0.2, 0) is 17.8 Å². The number of hydrogen-bond acceptors (Lipinski definition) is 3. The van der Waals surface area contributed by atoms with E-state index >= 15 is 0 Å². The average Bonchev–Trinajstić information content (AvgIpc) is 3.20. The Bertz CT molecular complexity index is 1160. The molecule has 2 aromatic carbocycles. The van der Waals surface area contributed by atoms with Gasteiger partial charge in [0.05, 0.1) is 24.4 Å². The Morgan fingerprint density at radius 2 is 1.65 bits per heavy atom. The third kappa shape index (κ3) is 5.19. The molecule has 4 rings (SSSR count). The first-order chi connectivity index (χ1) is 15.1. The Morgan fingerprint density at radius 1 is 0.935 bits per heavy atom. The second-order valence-electron chi connectivity index (χ2n) is 7.04. The summed E-state index contributed by atoms with van der Waals surface area (Å²) in [7, 11) is 0. The number of carbonyl (C=O) groups excluding carboxylic acids is 1. The zero-order valence-corrected chi connectivity index (χ0v) is 16.6. The van der Waals surface area contributed by atoms with E-state index in [4.69, 9.17) is 0 Å². The lowest BCUT2D eigenvalue weighted by Gasteiger charge is -2.09. The molecule has 31 heavy (non-hydrogen) atoms. The number of pyridine rings is 1. The minimum absolute atomic E-state index is 0.152. The van der Waals surface area contributed by atoms with Gasteiger partial charge in [-0.05, 0) is 60.2 Å². The van der Waals surface area contributed by atoms with Crippen LogP contribution >= 0.6 is 0 Å². The molecule has 0 saturated heterocycles. The predicted octanol–water partition coefficient (Wildman–Crippen LogP) is 4.25. The van der Waals surface area contributed by atoms with Gasteiger partial charge in [0.2, 0.25) is 5.91 Å². The van der Waals surface area contributed by atoms with Gasteiger partial charge in [0.1, 0.15) is 11.6 Å². The smallest absolute Gasteiger partial charge is 0.224 e. The van der Waals surface area contributed by atoms with Crippen molar-refractivity contribution < 1.29 is 13.6 Å². The quantitative estimate of drug-likeness (QED) is 0.488. The first-order valence-electron chi connectivity index (χ1n) is 9.84. The van der Waals surface area contributed by atoms with Crippen LogP contribution in [0.4, 0.5) is 8.78 Å². The molecule has 0 aliphatic heterocycles. The molecule has 2 heterocycles. The number of nitrogens with zero attached hydrogens (tertiary/aromatic N) is 3. The molecular formula is C24H20F2N4O. The number of aromatic nitrogens is 3. The van der Waals surface area contributed by atoms with Gasteiger partial charge >= 0.3 is 0 Å². The second-order valence-corrected chi connectivity index (χ2v) is 7.04. The number of benzene rings is 2. The molecule has 0 bridgehead atoms. The van der Waals surface area contributed by atoms with Gasteiger partial charge in [-0.3, -0.25) is 14.5 Å². The van der Waals surface area contributed by atoms with E-state index in [0.29, 0.717) is 18.8 Å². The maximum atomic E-state index is 13.3. The van der Waals surface area contributed by atoms with Gasteiger partial charge in [-0.25, -0.2) is 8.78 Å². The molecule has 0 fully saturated rings. The molecule has 156 valence electrons. The van der Waals surface area contributed by atoms with Crippen LogP contribution in [0.25, 0.3) is 22.5 Å². The van der Waals surface area contributed by atoms with E-state index in [2.05, 4.69) is 15.4 Å². The maximum Gasteiger partial charge on any atom is 0.224 e. The number of nitrogens with one attached hydrogen (secondary N) is 1. The molecule has 7 heteroatoms. The fourth-order valence-corrected chi connectivity index (χ4v) is 3.25. The minimum atomic E-state index is -0.331. The van der Waals surface area contributed by atoms with Crippen LogP contribution in [0.5, 0.6) is 0 Å². The molecular weight excluding hydrogens is 398 g/mol. The third-order valence-corrected chi connectivity index (χ3v) is 4.80. The van der Waals surface area contributed by atoms with Gasteiger partial charge in [0.25, 0.3) is 0 Å². The maximum absolute atomic E-state index is 13.3. The molecule has 1 amide bonds. The van der Waals surface area contributed by atoms with Crippen molar-refractivity contribution in [1.82, 2.24) is 20.1 Å². The highest BCUT2D eigenvalue weighted by Crippen LogP contribution is 2.26. The molecule has 0 aliphatic carbocycles. The standard InChI is InChI=1S/C24H20F2N4O/c25-20-7-3-17(4-8-20)14-24(31)28-12-13-30-23(19-2-1-11-27-16-19)15-22(29-30)18-5-9-21(26)10-6-18/h1-11,15-16H,12-14H2,(H,28,31). The summed E-state index contributed by atoms with van der Waals surface area (Å²) >= 11 is 0. The van der Waals surface area contributed by atoms with E-state index in [9.17, 15) is 13.6 Å². The number of hydrogen-bond donors (Lipinski definition) is 1.